The molecule has 0 fully saturated rings. The maximum atomic E-state index is 11.0. The van der Waals surface area contributed by atoms with E-state index in [1.807, 2.05) is 0 Å². The molecular weight excluding hydrogens is 224 g/mol. The average Bonchev–Trinajstić information content (AvgIpc) is 2.30. The van der Waals surface area contributed by atoms with Gasteiger partial charge in [-0.3, -0.25) is 4.79 Å². The van der Waals surface area contributed by atoms with Crippen molar-refractivity contribution in [1.82, 2.24) is 10.3 Å². The first-order valence-corrected chi connectivity index (χ1v) is 4.98. The van der Waals surface area contributed by atoms with Gasteiger partial charge in [-0.1, -0.05) is 0 Å². The summed E-state index contributed by atoms with van der Waals surface area (Å²) in [4.78, 5) is 25.7. The van der Waals surface area contributed by atoms with E-state index in [1.165, 1.54) is 12.3 Å². The summed E-state index contributed by atoms with van der Waals surface area (Å²) in [6.07, 6.45) is 1.61. The van der Waals surface area contributed by atoms with Gasteiger partial charge in [-0.05, 0) is 6.07 Å². The molecule has 0 radical (unpaired) electrons. The Kier molecular flexibility index (Phi) is 4.27. The number of carbonyl (C=O) groups excluding carboxylic acids is 1. The summed E-state index contributed by atoms with van der Waals surface area (Å²) in [5.74, 6) is -0.960. The molecule has 17 heavy (non-hydrogen) atoms. The number of pyridine rings is 1. The number of aromatic carboxylic acids is 1. The molecule has 0 aliphatic heterocycles. The number of aromatic nitrogens is 1. The Morgan fingerprint density at radius 3 is 2.82 bits per heavy atom. The summed E-state index contributed by atoms with van der Waals surface area (Å²) >= 11 is 0. The maximum Gasteiger partial charge on any atom is 0.337 e. The number of carbonyl (C=O) groups is 2. The van der Waals surface area contributed by atoms with Crippen LogP contribution in [-0.4, -0.2) is 35.6 Å². The summed E-state index contributed by atoms with van der Waals surface area (Å²) in [5, 5.41) is 14.1. The molecule has 0 aliphatic rings. The molecular formula is C10H14N4O3. The highest BCUT2D eigenvalue weighted by atomic mass is 16.4. The minimum absolute atomic E-state index is 0.0116. The third-order valence-electron chi connectivity index (χ3n) is 2.14. The minimum Gasteiger partial charge on any atom is -0.478 e. The van der Waals surface area contributed by atoms with E-state index in [-0.39, 0.29) is 29.4 Å². The fourth-order valence-corrected chi connectivity index (χ4v) is 1.22. The van der Waals surface area contributed by atoms with Gasteiger partial charge >= 0.3 is 5.97 Å². The van der Waals surface area contributed by atoms with Crippen LogP contribution in [0.1, 0.15) is 16.8 Å². The van der Waals surface area contributed by atoms with Crippen molar-refractivity contribution in [3.63, 3.8) is 0 Å². The molecule has 1 aromatic heterocycles. The van der Waals surface area contributed by atoms with Gasteiger partial charge in [0.1, 0.15) is 5.82 Å². The Morgan fingerprint density at radius 2 is 2.24 bits per heavy atom. The maximum absolute atomic E-state index is 11.0. The molecule has 5 N–H and O–H groups in total. The average molecular weight is 238 g/mol. The third kappa shape index (κ3) is 3.33. The Morgan fingerprint density at radius 1 is 1.53 bits per heavy atom. The molecule has 0 spiro atoms. The van der Waals surface area contributed by atoms with Crippen LogP contribution in [0, 0.1) is 0 Å². The fourth-order valence-electron chi connectivity index (χ4n) is 1.22. The number of anilines is 2. The van der Waals surface area contributed by atoms with Gasteiger partial charge in [0.15, 0.2) is 0 Å². The van der Waals surface area contributed by atoms with Crippen molar-refractivity contribution < 1.29 is 14.7 Å². The molecule has 0 aromatic carbocycles. The fraction of sp³-hybridized carbons (Fsp3) is 0.300. The number of rotatable bonds is 5. The molecule has 0 saturated carbocycles. The van der Waals surface area contributed by atoms with Gasteiger partial charge in [0.2, 0.25) is 5.91 Å². The molecule has 7 heteroatoms. The van der Waals surface area contributed by atoms with Gasteiger partial charge in [-0.15, -0.1) is 0 Å². The van der Waals surface area contributed by atoms with Crippen LogP contribution in [0.4, 0.5) is 11.5 Å². The molecule has 7 nitrogen and oxygen atoms in total. The number of nitrogens with zero attached hydrogens (tertiary/aromatic N) is 1. The lowest BCUT2D eigenvalue weighted by atomic mass is 10.2. The quantitative estimate of drug-likeness (QED) is 0.569. The number of amides is 1. The van der Waals surface area contributed by atoms with Gasteiger partial charge in [-0.25, -0.2) is 9.78 Å². The van der Waals surface area contributed by atoms with Crippen molar-refractivity contribution in [3.05, 3.63) is 17.8 Å². The summed E-state index contributed by atoms with van der Waals surface area (Å²) in [6, 6.07) is 1.32. The molecule has 0 unspecified atom stereocenters. The number of nitrogens with one attached hydrogen (secondary N) is 2. The normalized spacial score (nSPS) is 9.71. The summed E-state index contributed by atoms with van der Waals surface area (Å²) in [6.45, 7) is 0.333. The van der Waals surface area contributed by atoms with Crippen LogP contribution in [0.5, 0.6) is 0 Å². The van der Waals surface area contributed by atoms with E-state index in [0.717, 1.165) is 0 Å². The predicted octanol–water partition coefficient (Wildman–Crippen LogP) is -0.0900. The van der Waals surface area contributed by atoms with Crippen molar-refractivity contribution in [2.75, 3.05) is 24.6 Å². The second-order valence-electron chi connectivity index (χ2n) is 3.28. The predicted molar refractivity (Wildman–Crippen MR) is 62.8 cm³/mol. The van der Waals surface area contributed by atoms with Crippen LogP contribution in [-0.2, 0) is 4.79 Å². The molecule has 1 aromatic rings. The largest absolute Gasteiger partial charge is 0.478 e. The molecule has 0 bridgehead atoms. The number of nitrogen functional groups attached to an aromatic ring is 1. The van der Waals surface area contributed by atoms with E-state index in [1.54, 1.807) is 7.05 Å². The molecule has 0 aliphatic carbocycles. The third-order valence-corrected chi connectivity index (χ3v) is 2.14. The highest BCUT2D eigenvalue weighted by Gasteiger charge is 2.11. The van der Waals surface area contributed by atoms with Crippen LogP contribution in [0.3, 0.4) is 0 Å². The van der Waals surface area contributed by atoms with E-state index in [2.05, 4.69) is 15.6 Å². The lowest BCUT2D eigenvalue weighted by molar-refractivity contribution is -0.120. The topological polar surface area (TPSA) is 117 Å². The Balaban J connectivity index is 2.69. The standard InChI is InChI=1S/C10H14N4O3/c1-12-7(15)3-5-14-9-8(11)6(10(16)17)2-4-13-9/h2,4H,3,5,11H2,1H3,(H,12,15)(H,13,14)(H,16,17). The van der Waals surface area contributed by atoms with Gasteiger partial charge in [0, 0.05) is 26.2 Å². The number of nitrogens with two attached hydrogens (primary N) is 1. The molecule has 1 amide bonds. The molecule has 0 saturated heterocycles. The van der Waals surface area contributed by atoms with Crippen molar-refractivity contribution in [1.29, 1.82) is 0 Å². The van der Waals surface area contributed by atoms with Gasteiger partial charge < -0.3 is 21.5 Å². The van der Waals surface area contributed by atoms with Crippen LogP contribution in [0.25, 0.3) is 0 Å². The zero-order valence-corrected chi connectivity index (χ0v) is 9.36. The lowest BCUT2D eigenvalue weighted by Gasteiger charge is -2.09. The van der Waals surface area contributed by atoms with Gasteiger partial charge in [-0.2, -0.15) is 0 Å². The Labute approximate surface area is 98.0 Å². The number of carboxylic acids is 1. The second-order valence-corrected chi connectivity index (χ2v) is 3.28. The molecule has 0 atom stereocenters. The van der Waals surface area contributed by atoms with Crippen molar-refractivity contribution >= 4 is 23.4 Å². The first kappa shape index (κ1) is 12.8. The van der Waals surface area contributed by atoms with Crippen LogP contribution < -0.4 is 16.4 Å². The van der Waals surface area contributed by atoms with E-state index >= 15 is 0 Å². The second kappa shape index (κ2) is 5.69. The number of hydrogen-bond donors (Lipinski definition) is 4. The molecule has 1 rings (SSSR count). The van der Waals surface area contributed by atoms with E-state index in [0.29, 0.717) is 6.54 Å². The Bertz CT molecular complexity index is 434. The lowest BCUT2D eigenvalue weighted by Crippen LogP contribution is -2.21. The Hall–Kier alpha value is -2.31. The van der Waals surface area contributed by atoms with E-state index in [4.69, 9.17) is 10.8 Å². The SMILES string of the molecule is CNC(=O)CCNc1nccc(C(=O)O)c1N. The van der Waals surface area contributed by atoms with Gasteiger partial charge in [0.25, 0.3) is 0 Å². The summed E-state index contributed by atoms with van der Waals surface area (Å²) < 4.78 is 0. The minimum atomic E-state index is -1.11. The van der Waals surface area contributed by atoms with Crippen LogP contribution >= 0.6 is 0 Å². The zero-order chi connectivity index (χ0) is 12.8. The molecule has 92 valence electrons. The first-order chi connectivity index (χ1) is 8.06. The van der Waals surface area contributed by atoms with E-state index in [9.17, 15) is 9.59 Å². The smallest absolute Gasteiger partial charge is 0.337 e. The summed E-state index contributed by atoms with van der Waals surface area (Å²) in [7, 11) is 1.54. The van der Waals surface area contributed by atoms with Gasteiger partial charge in [0.05, 0.1) is 11.3 Å². The van der Waals surface area contributed by atoms with Crippen molar-refractivity contribution in [3.8, 4) is 0 Å². The number of carboxylic acid groups (broad SMARTS) is 1. The highest BCUT2D eigenvalue weighted by Crippen LogP contribution is 2.19. The van der Waals surface area contributed by atoms with Crippen molar-refractivity contribution in [2.45, 2.75) is 6.42 Å². The highest BCUT2D eigenvalue weighted by molar-refractivity contribution is 5.96. The summed E-state index contributed by atoms with van der Waals surface area (Å²) in [5.41, 5.74) is 5.68. The van der Waals surface area contributed by atoms with Crippen molar-refractivity contribution in [2.24, 2.45) is 0 Å². The van der Waals surface area contributed by atoms with Crippen LogP contribution in [0.2, 0.25) is 0 Å². The first-order valence-electron chi connectivity index (χ1n) is 4.98. The van der Waals surface area contributed by atoms with Crippen LogP contribution in [0.15, 0.2) is 12.3 Å². The number of hydrogen-bond acceptors (Lipinski definition) is 5. The zero-order valence-electron chi connectivity index (χ0n) is 9.36. The monoisotopic (exact) mass is 238 g/mol. The van der Waals surface area contributed by atoms with E-state index < -0.39 is 5.97 Å². The molecule has 1 heterocycles.